The van der Waals surface area contributed by atoms with E-state index in [0.29, 0.717) is 5.57 Å². The summed E-state index contributed by atoms with van der Waals surface area (Å²) in [5, 5.41) is 2.34. The van der Waals surface area contributed by atoms with Crippen LogP contribution in [-0.4, -0.2) is 5.91 Å². The van der Waals surface area contributed by atoms with Crippen LogP contribution in [-0.2, 0) is 4.79 Å². The summed E-state index contributed by atoms with van der Waals surface area (Å²) in [4.78, 5) is 11.2. The van der Waals surface area contributed by atoms with Gasteiger partial charge in [0.1, 0.15) is 0 Å². The molecule has 0 saturated heterocycles. The Kier molecular flexibility index (Phi) is 1.92. The highest BCUT2D eigenvalue weighted by Crippen LogP contribution is 2.39. The Morgan fingerprint density at radius 3 is 2.53 bits per heavy atom. The van der Waals surface area contributed by atoms with Gasteiger partial charge in [-0.2, -0.15) is 0 Å². The van der Waals surface area contributed by atoms with E-state index < -0.39 is 5.91 Å². The summed E-state index contributed by atoms with van der Waals surface area (Å²) in [5.74, 6) is -0.471. The summed E-state index contributed by atoms with van der Waals surface area (Å²) >= 11 is 0. The largest absolute Gasteiger partial charge is 0.366 e. The molecule has 1 amide bonds. The summed E-state index contributed by atoms with van der Waals surface area (Å²) in [5.41, 5.74) is 8.67. The average Bonchev–Trinajstić information content (AvgIpc) is 2.70. The molecule has 2 N–H and O–H groups in total. The molecule has 0 radical (unpaired) electrons. The highest BCUT2D eigenvalue weighted by atomic mass is 16.1. The third kappa shape index (κ3) is 1.31. The van der Waals surface area contributed by atoms with Gasteiger partial charge >= 0.3 is 0 Å². The monoisotopic (exact) mass is 221 g/mol. The molecule has 1 aliphatic carbocycles. The van der Waals surface area contributed by atoms with Crippen molar-refractivity contribution in [1.29, 1.82) is 0 Å². The maximum absolute atomic E-state index is 11.2. The van der Waals surface area contributed by atoms with Crippen LogP contribution < -0.4 is 5.73 Å². The molecule has 1 aliphatic rings. The molecule has 0 fully saturated rings. The van der Waals surface area contributed by atoms with Crippen molar-refractivity contribution in [3.05, 3.63) is 59.7 Å². The number of primary amides is 1. The predicted molar refractivity (Wildman–Crippen MR) is 70.2 cm³/mol. The smallest absolute Gasteiger partial charge is 0.248 e. The van der Waals surface area contributed by atoms with Gasteiger partial charge in [0.15, 0.2) is 0 Å². The lowest BCUT2D eigenvalue weighted by atomic mass is 9.98. The van der Waals surface area contributed by atoms with E-state index in [2.05, 4.69) is 18.7 Å². The van der Waals surface area contributed by atoms with Gasteiger partial charge in [-0.1, -0.05) is 43.0 Å². The molecule has 0 spiro atoms. The zero-order valence-corrected chi connectivity index (χ0v) is 9.23. The van der Waals surface area contributed by atoms with Crippen molar-refractivity contribution < 1.29 is 4.79 Å². The third-order valence-electron chi connectivity index (χ3n) is 3.15. The van der Waals surface area contributed by atoms with Crippen LogP contribution in [0.15, 0.2) is 48.6 Å². The van der Waals surface area contributed by atoms with Crippen molar-refractivity contribution in [3.63, 3.8) is 0 Å². The molecule has 2 aromatic rings. The number of hydrogen-bond donors (Lipinski definition) is 1. The van der Waals surface area contributed by atoms with Crippen LogP contribution in [0.3, 0.4) is 0 Å². The van der Waals surface area contributed by atoms with E-state index in [1.54, 1.807) is 0 Å². The van der Waals surface area contributed by atoms with Crippen LogP contribution in [0, 0.1) is 0 Å². The molecular weight excluding hydrogens is 210 g/mol. The van der Waals surface area contributed by atoms with Crippen LogP contribution in [0.4, 0.5) is 0 Å². The molecule has 0 bridgehead atoms. The van der Waals surface area contributed by atoms with Crippen molar-refractivity contribution in [2.24, 2.45) is 5.73 Å². The minimum absolute atomic E-state index is 0.369. The van der Waals surface area contributed by atoms with Gasteiger partial charge in [0.05, 0.1) is 0 Å². The van der Waals surface area contributed by atoms with Crippen molar-refractivity contribution in [2.45, 2.75) is 0 Å². The second kappa shape index (κ2) is 3.32. The number of carbonyl (C=O) groups excluding carboxylic acids is 1. The van der Waals surface area contributed by atoms with Gasteiger partial charge in [-0.05, 0) is 33.5 Å². The molecule has 82 valence electrons. The summed E-state index contributed by atoms with van der Waals surface area (Å²) < 4.78 is 0. The van der Waals surface area contributed by atoms with E-state index in [-0.39, 0.29) is 0 Å². The van der Waals surface area contributed by atoms with Gasteiger partial charge in [0.2, 0.25) is 5.91 Å². The summed E-state index contributed by atoms with van der Waals surface area (Å²) in [6, 6.07) is 12.1. The topological polar surface area (TPSA) is 43.1 Å². The second-order valence-electron chi connectivity index (χ2n) is 4.15. The molecule has 0 aliphatic heterocycles. The molecule has 0 heterocycles. The standard InChI is InChI=1S/C15H11NO/c1-9(15(16)17)13-8-11-6-2-4-10-5-3-7-12(13)14(10)11/h2-8H,1H2,(H2,16,17). The van der Waals surface area contributed by atoms with E-state index in [1.165, 1.54) is 10.8 Å². The highest BCUT2D eigenvalue weighted by molar-refractivity contribution is 6.20. The first-order valence-corrected chi connectivity index (χ1v) is 5.41. The van der Waals surface area contributed by atoms with E-state index >= 15 is 0 Å². The summed E-state index contributed by atoms with van der Waals surface area (Å²) in [6.45, 7) is 3.76. The van der Waals surface area contributed by atoms with E-state index in [9.17, 15) is 4.79 Å². The Bertz CT molecular complexity index is 690. The fourth-order valence-corrected chi connectivity index (χ4v) is 2.33. The Hall–Kier alpha value is -2.35. The van der Waals surface area contributed by atoms with Crippen molar-refractivity contribution >= 4 is 28.3 Å². The Morgan fingerprint density at radius 2 is 1.82 bits per heavy atom. The summed E-state index contributed by atoms with van der Waals surface area (Å²) in [7, 11) is 0. The van der Waals surface area contributed by atoms with Gasteiger partial charge in [-0.15, -0.1) is 0 Å². The van der Waals surface area contributed by atoms with Crippen LogP contribution in [0.5, 0.6) is 0 Å². The fourth-order valence-electron chi connectivity index (χ4n) is 2.33. The molecule has 0 unspecified atom stereocenters. The quantitative estimate of drug-likeness (QED) is 0.778. The lowest BCUT2D eigenvalue weighted by Crippen LogP contribution is -2.13. The van der Waals surface area contributed by atoms with Crippen LogP contribution in [0.1, 0.15) is 11.1 Å². The Labute approximate surface area is 99.1 Å². The maximum atomic E-state index is 11.2. The first-order valence-electron chi connectivity index (χ1n) is 5.41. The highest BCUT2D eigenvalue weighted by Gasteiger charge is 2.20. The lowest BCUT2D eigenvalue weighted by molar-refractivity contribution is -0.114. The number of hydrogen-bond acceptors (Lipinski definition) is 1. The Morgan fingerprint density at radius 1 is 1.12 bits per heavy atom. The zero-order chi connectivity index (χ0) is 12.0. The molecule has 0 saturated carbocycles. The molecule has 2 heteroatoms. The first-order chi connectivity index (χ1) is 8.18. The second-order valence-corrected chi connectivity index (χ2v) is 4.15. The first kappa shape index (κ1) is 9.85. The molecular formula is C15H11NO. The normalized spacial score (nSPS) is 12.6. The molecule has 2 nitrogen and oxygen atoms in total. The van der Waals surface area contributed by atoms with E-state index in [1.807, 2.05) is 30.3 Å². The average molecular weight is 221 g/mol. The van der Waals surface area contributed by atoms with E-state index in [4.69, 9.17) is 5.73 Å². The minimum Gasteiger partial charge on any atom is -0.366 e. The van der Waals surface area contributed by atoms with Crippen molar-refractivity contribution in [1.82, 2.24) is 0 Å². The lowest BCUT2D eigenvalue weighted by Gasteiger charge is -2.05. The van der Waals surface area contributed by atoms with Crippen LogP contribution >= 0.6 is 0 Å². The molecule has 0 aromatic heterocycles. The number of carbonyl (C=O) groups is 1. The van der Waals surface area contributed by atoms with Crippen LogP contribution in [0.25, 0.3) is 22.4 Å². The SMILES string of the molecule is C=C(C(N)=O)C1=Cc2cccc3cccc1c23. The minimum atomic E-state index is -0.471. The zero-order valence-electron chi connectivity index (χ0n) is 9.23. The van der Waals surface area contributed by atoms with Gasteiger partial charge in [0, 0.05) is 5.57 Å². The van der Waals surface area contributed by atoms with Gasteiger partial charge < -0.3 is 5.73 Å². The molecule has 0 atom stereocenters. The molecule has 2 aromatic carbocycles. The number of rotatable bonds is 2. The maximum Gasteiger partial charge on any atom is 0.248 e. The van der Waals surface area contributed by atoms with Crippen molar-refractivity contribution in [3.8, 4) is 0 Å². The molecule has 3 rings (SSSR count). The number of benzene rings is 2. The van der Waals surface area contributed by atoms with Crippen molar-refractivity contribution in [2.75, 3.05) is 0 Å². The van der Waals surface area contributed by atoms with E-state index in [0.717, 1.165) is 16.7 Å². The predicted octanol–water partition coefficient (Wildman–Crippen LogP) is 2.74. The Balaban J connectivity index is 2.31. The number of amides is 1. The summed E-state index contributed by atoms with van der Waals surface area (Å²) in [6.07, 6.45) is 1.98. The van der Waals surface area contributed by atoms with Gasteiger partial charge in [-0.3, -0.25) is 4.79 Å². The van der Waals surface area contributed by atoms with Gasteiger partial charge in [0.25, 0.3) is 0 Å². The van der Waals surface area contributed by atoms with Gasteiger partial charge in [-0.25, -0.2) is 0 Å². The fraction of sp³-hybridized carbons (Fsp3) is 0. The molecule has 17 heavy (non-hydrogen) atoms. The number of nitrogens with two attached hydrogens (primary N) is 1. The van der Waals surface area contributed by atoms with Crippen LogP contribution in [0.2, 0.25) is 0 Å². The third-order valence-corrected chi connectivity index (χ3v) is 3.15.